The second-order valence-electron chi connectivity index (χ2n) is 5.58. The van der Waals surface area contributed by atoms with Gasteiger partial charge in [0, 0.05) is 18.2 Å². The van der Waals surface area contributed by atoms with Gasteiger partial charge < -0.3 is 14.8 Å². The average molecular weight is 397 g/mol. The van der Waals surface area contributed by atoms with Crippen molar-refractivity contribution in [3.8, 4) is 11.5 Å². The molecule has 0 aliphatic carbocycles. The molecule has 1 N–H and O–H groups in total. The van der Waals surface area contributed by atoms with E-state index in [1.165, 1.54) is 14.0 Å². The van der Waals surface area contributed by atoms with E-state index in [0.717, 1.165) is 12.1 Å². The molecule has 0 aliphatic rings. The predicted molar refractivity (Wildman–Crippen MR) is 98.1 cm³/mol. The van der Waals surface area contributed by atoms with E-state index < -0.39 is 22.3 Å². The topological polar surface area (TPSA) is 90.7 Å². The number of halogens is 2. The van der Waals surface area contributed by atoms with E-state index in [2.05, 4.69) is 5.32 Å². The Balaban J connectivity index is 2.21. The molecule has 0 saturated carbocycles. The Hall–Kier alpha value is -2.87. The molecule has 27 heavy (non-hydrogen) atoms. The maximum absolute atomic E-state index is 13.9. The van der Waals surface area contributed by atoms with E-state index in [1.807, 2.05) is 6.92 Å². The summed E-state index contributed by atoms with van der Waals surface area (Å²) < 4.78 is 24.5. The van der Waals surface area contributed by atoms with Gasteiger partial charge in [0.15, 0.2) is 11.5 Å². The fourth-order valence-corrected chi connectivity index (χ4v) is 2.72. The average Bonchev–Trinajstić information content (AvgIpc) is 2.63. The number of nitro groups is 1. The Morgan fingerprint density at radius 1 is 1.33 bits per heavy atom. The molecule has 9 heteroatoms. The number of hydrogen-bond acceptors (Lipinski definition) is 5. The maximum Gasteiger partial charge on any atom is 0.276 e. The van der Waals surface area contributed by atoms with Crippen molar-refractivity contribution in [2.75, 3.05) is 13.7 Å². The van der Waals surface area contributed by atoms with Gasteiger partial charge in [-0.25, -0.2) is 4.39 Å². The van der Waals surface area contributed by atoms with Crippen LogP contribution < -0.4 is 14.8 Å². The number of rotatable bonds is 7. The van der Waals surface area contributed by atoms with Crippen molar-refractivity contribution < 1.29 is 23.6 Å². The highest BCUT2D eigenvalue weighted by Crippen LogP contribution is 2.36. The van der Waals surface area contributed by atoms with Crippen LogP contribution in [0.4, 0.5) is 10.1 Å². The zero-order chi connectivity index (χ0) is 20.1. The van der Waals surface area contributed by atoms with Crippen molar-refractivity contribution in [2.45, 2.75) is 20.4 Å². The van der Waals surface area contributed by atoms with E-state index in [1.54, 1.807) is 12.1 Å². The first-order valence-electron chi connectivity index (χ1n) is 8.00. The minimum absolute atomic E-state index is 0.0601. The molecule has 2 aromatic carbocycles. The van der Waals surface area contributed by atoms with Crippen molar-refractivity contribution in [1.82, 2.24) is 5.32 Å². The summed E-state index contributed by atoms with van der Waals surface area (Å²) >= 11 is 6.18. The van der Waals surface area contributed by atoms with Crippen LogP contribution >= 0.6 is 11.6 Å². The van der Waals surface area contributed by atoms with Crippen LogP contribution in [-0.4, -0.2) is 24.5 Å². The largest absolute Gasteiger partial charge is 0.493 e. The van der Waals surface area contributed by atoms with Gasteiger partial charge >= 0.3 is 0 Å². The van der Waals surface area contributed by atoms with Gasteiger partial charge in [0.05, 0.1) is 29.2 Å². The molecule has 0 fully saturated rings. The molecule has 0 aromatic heterocycles. The molecular weight excluding hydrogens is 379 g/mol. The van der Waals surface area contributed by atoms with Gasteiger partial charge in [-0.3, -0.25) is 14.9 Å². The van der Waals surface area contributed by atoms with Gasteiger partial charge in [0.25, 0.3) is 11.6 Å². The van der Waals surface area contributed by atoms with Crippen LogP contribution in [0.1, 0.15) is 28.4 Å². The first-order valence-corrected chi connectivity index (χ1v) is 8.38. The summed E-state index contributed by atoms with van der Waals surface area (Å²) in [6.45, 7) is 3.56. The number of nitrogens with one attached hydrogen (secondary N) is 1. The van der Waals surface area contributed by atoms with Gasteiger partial charge in [-0.2, -0.15) is 0 Å². The number of carbonyl (C=O) groups is 1. The first kappa shape index (κ1) is 20.4. The third-order valence-corrected chi connectivity index (χ3v) is 4.09. The molecule has 0 spiro atoms. The number of ether oxygens (including phenoxy) is 2. The Labute approximate surface area is 160 Å². The highest BCUT2D eigenvalue weighted by Gasteiger charge is 2.19. The second kappa shape index (κ2) is 8.68. The third-order valence-electron chi connectivity index (χ3n) is 3.81. The van der Waals surface area contributed by atoms with Crippen molar-refractivity contribution in [3.63, 3.8) is 0 Å². The van der Waals surface area contributed by atoms with E-state index in [-0.39, 0.29) is 17.7 Å². The Bertz CT molecular complexity index is 889. The van der Waals surface area contributed by atoms with E-state index in [4.69, 9.17) is 21.1 Å². The molecule has 1 amide bonds. The molecule has 7 nitrogen and oxygen atoms in total. The predicted octanol–water partition coefficient (Wildman–Crippen LogP) is 4.03. The summed E-state index contributed by atoms with van der Waals surface area (Å²) in [5.74, 6) is -0.667. The normalized spacial score (nSPS) is 10.4. The quantitative estimate of drug-likeness (QED) is 0.563. The van der Waals surface area contributed by atoms with Crippen LogP contribution in [0, 0.1) is 22.9 Å². The van der Waals surface area contributed by atoms with Crippen molar-refractivity contribution >= 4 is 23.2 Å². The Kier molecular flexibility index (Phi) is 6.57. The lowest BCUT2D eigenvalue weighted by Gasteiger charge is -2.13. The number of nitro benzene ring substituents is 1. The summed E-state index contributed by atoms with van der Waals surface area (Å²) in [4.78, 5) is 22.5. The molecule has 144 valence electrons. The summed E-state index contributed by atoms with van der Waals surface area (Å²) in [6.07, 6.45) is 0. The zero-order valence-electron chi connectivity index (χ0n) is 15.0. The number of amides is 1. The van der Waals surface area contributed by atoms with Crippen LogP contribution in [0.25, 0.3) is 0 Å². The van der Waals surface area contributed by atoms with Gasteiger partial charge in [-0.15, -0.1) is 0 Å². The SMILES string of the molecule is CCOc1c(Cl)cc(CNC(=O)c2cc(F)c(C)c([N+](=O)[O-])c2)cc1OC. The number of methoxy groups -OCH3 is 1. The highest BCUT2D eigenvalue weighted by atomic mass is 35.5. The van der Waals surface area contributed by atoms with Gasteiger partial charge in [0.1, 0.15) is 5.82 Å². The Morgan fingerprint density at radius 3 is 2.63 bits per heavy atom. The summed E-state index contributed by atoms with van der Waals surface area (Å²) in [5.41, 5.74) is -0.102. The number of carbonyl (C=O) groups excluding carboxylic acids is 1. The lowest BCUT2D eigenvalue weighted by molar-refractivity contribution is -0.385. The lowest BCUT2D eigenvalue weighted by atomic mass is 10.1. The zero-order valence-corrected chi connectivity index (χ0v) is 15.7. The molecule has 0 saturated heterocycles. The third kappa shape index (κ3) is 4.65. The van der Waals surface area contributed by atoms with Crippen LogP contribution in [0.2, 0.25) is 5.02 Å². The van der Waals surface area contributed by atoms with Gasteiger partial charge in [-0.1, -0.05) is 11.6 Å². The first-order chi connectivity index (χ1) is 12.8. The summed E-state index contributed by atoms with van der Waals surface area (Å²) in [6, 6.07) is 5.26. The van der Waals surface area contributed by atoms with Gasteiger partial charge in [0.2, 0.25) is 0 Å². The fraction of sp³-hybridized carbons (Fsp3) is 0.278. The monoisotopic (exact) mass is 396 g/mol. The van der Waals surface area contributed by atoms with Crippen LogP contribution in [-0.2, 0) is 6.54 Å². The number of benzene rings is 2. The van der Waals surface area contributed by atoms with E-state index in [9.17, 15) is 19.3 Å². The molecule has 0 aliphatic heterocycles. The van der Waals surface area contributed by atoms with E-state index >= 15 is 0 Å². The minimum atomic E-state index is -0.819. The smallest absolute Gasteiger partial charge is 0.276 e. The van der Waals surface area contributed by atoms with E-state index in [0.29, 0.717) is 28.7 Å². The van der Waals surface area contributed by atoms with Crippen molar-refractivity contribution in [3.05, 3.63) is 61.9 Å². The molecule has 2 rings (SSSR count). The standard InChI is InChI=1S/C18H18ClFN2O5/c1-4-27-17-13(19)5-11(6-16(17)26-3)9-21-18(23)12-7-14(20)10(2)15(8-12)22(24)25/h5-8H,4,9H2,1-3H3,(H,21,23). The lowest BCUT2D eigenvalue weighted by Crippen LogP contribution is -2.23. The summed E-state index contributed by atoms with van der Waals surface area (Å²) in [5, 5.41) is 13.9. The summed E-state index contributed by atoms with van der Waals surface area (Å²) in [7, 11) is 1.46. The van der Waals surface area contributed by atoms with Crippen LogP contribution in [0.15, 0.2) is 24.3 Å². The van der Waals surface area contributed by atoms with Crippen molar-refractivity contribution in [2.24, 2.45) is 0 Å². The molecular formula is C18H18ClFN2O5. The molecule has 0 heterocycles. The van der Waals surface area contributed by atoms with Crippen LogP contribution in [0.5, 0.6) is 11.5 Å². The highest BCUT2D eigenvalue weighted by molar-refractivity contribution is 6.32. The Morgan fingerprint density at radius 2 is 2.04 bits per heavy atom. The molecule has 0 radical (unpaired) electrons. The maximum atomic E-state index is 13.9. The number of hydrogen-bond donors (Lipinski definition) is 1. The molecule has 0 unspecified atom stereocenters. The second-order valence-corrected chi connectivity index (χ2v) is 5.99. The minimum Gasteiger partial charge on any atom is -0.493 e. The molecule has 0 bridgehead atoms. The molecule has 0 atom stereocenters. The number of nitrogens with zero attached hydrogens (tertiary/aromatic N) is 1. The fourth-order valence-electron chi connectivity index (χ4n) is 2.43. The van der Waals surface area contributed by atoms with Gasteiger partial charge in [-0.05, 0) is 37.6 Å². The molecule has 2 aromatic rings. The van der Waals surface area contributed by atoms with Crippen molar-refractivity contribution in [1.29, 1.82) is 0 Å². The van der Waals surface area contributed by atoms with Crippen LogP contribution in [0.3, 0.4) is 0 Å².